The van der Waals surface area contributed by atoms with Gasteiger partial charge >= 0.3 is 0 Å². The summed E-state index contributed by atoms with van der Waals surface area (Å²) >= 11 is 0. The first-order valence-electron chi connectivity index (χ1n) is 8.59. The number of rotatable bonds is 5. The Bertz CT molecular complexity index is 1050. The quantitative estimate of drug-likeness (QED) is 0.591. The SMILES string of the molecule is CNC(=O)c1ccc(Cn2cnc(-c3ccccc3)c2-c2ccccn2)o1. The van der Waals surface area contributed by atoms with E-state index in [0.717, 1.165) is 22.6 Å². The second-order valence-electron chi connectivity index (χ2n) is 6.00. The summed E-state index contributed by atoms with van der Waals surface area (Å²) in [5.41, 5.74) is 3.60. The van der Waals surface area contributed by atoms with Crippen LogP contribution >= 0.6 is 0 Å². The summed E-state index contributed by atoms with van der Waals surface area (Å²) in [6.45, 7) is 0.447. The van der Waals surface area contributed by atoms with Crippen molar-refractivity contribution in [1.29, 1.82) is 0 Å². The van der Waals surface area contributed by atoms with Crippen molar-refractivity contribution in [1.82, 2.24) is 19.9 Å². The molecule has 0 aliphatic rings. The van der Waals surface area contributed by atoms with Crippen LogP contribution in [-0.4, -0.2) is 27.5 Å². The molecule has 27 heavy (non-hydrogen) atoms. The maximum Gasteiger partial charge on any atom is 0.286 e. The first-order chi connectivity index (χ1) is 13.3. The third-order valence-electron chi connectivity index (χ3n) is 4.23. The summed E-state index contributed by atoms with van der Waals surface area (Å²) in [4.78, 5) is 20.8. The van der Waals surface area contributed by atoms with Crippen molar-refractivity contribution in [2.45, 2.75) is 6.54 Å². The van der Waals surface area contributed by atoms with Crippen molar-refractivity contribution in [3.8, 4) is 22.6 Å². The van der Waals surface area contributed by atoms with Crippen LogP contribution in [0.15, 0.2) is 77.6 Å². The van der Waals surface area contributed by atoms with E-state index in [9.17, 15) is 4.79 Å². The third kappa shape index (κ3) is 3.37. The van der Waals surface area contributed by atoms with Crippen LogP contribution in [0.1, 0.15) is 16.3 Å². The molecule has 4 rings (SSSR count). The molecule has 4 aromatic rings. The number of furan rings is 1. The number of hydrogen-bond donors (Lipinski definition) is 1. The van der Waals surface area contributed by atoms with E-state index in [0.29, 0.717) is 12.3 Å². The average Bonchev–Trinajstić information content (AvgIpc) is 3.36. The number of nitrogens with one attached hydrogen (secondary N) is 1. The van der Waals surface area contributed by atoms with Crippen molar-refractivity contribution in [2.75, 3.05) is 7.05 Å². The zero-order valence-electron chi connectivity index (χ0n) is 14.8. The normalized spacial score (nSPS) is 10.7. The maximum absolute atomic E-state index is 11.7. The molecule has 1 N–H and O–H groups in total. The molecule has 0 aliphatic carbocycles. The molecule has 0 aliphatic heterocycles. The smallest absolute Gasteiger partial charge is 0.286 e. The highest BCUT2D eigenvalue weighted by Crippen LogP contribution is 2.30. The average molecular weight is 358 g/mol. The van der Waals surface area contributed by atoms with Gasteiger partial charge in [0.2, 0.25) is 0 Å². The molecule has 6 heteroatoms. The van der Waals surface area contributed by atoms with Gasteiger partial charge in [-0.15, -0.1) is 0 Å². The second kappa shape index (κ2) is 7.29. The molecule has 134 valence electrons. The van der Waals surface area contributed by atoms with Crippen LogP contribution < -0.4 is 5.32 Å². The minimum atomic E-state index is -0.248. The number of carbonyl (C=O) groups is 1. The van der Waals surface area contributed by atoms with E-state index in [1.54, 1.807) is 31.7 Å². The zero-order chi connectivity index (χ0) is 18.6. The summed E-state index contributed by atoms with van der Waals surface area (Å²) in [7, 11) is 1.58. The predicted molar refractivity (Wildman–Crippen MR) is 102 cm³/mol. The van der Waals surface area contributed by atoms with Crippen molar-refractivity contribution in [2.24, 2.45) is 0 Å². The number of amides is 1. The lowest BCUT2D eigenvalue weighted by Gasteiger charge is -2.09. The molecule has 0 bridgehead atoms. The number of nitrogens with zero attached hydrogens (tertiary/aromatic N) is 3. The van der Waals surface area contributed by atoms with Crippen LogP contribution in [0.2, 0.25) is 0 Å². The van der Waals surface area contributed by atoms with Crippen LogP contribution in [0.25, 0.3) is 22.6 Å². The maximum atomic E-state index is 11.7. The van der Waals surface area contributed by atoms with Crippen LogP contribution in [0, 0.1) is 0 Å². The highest BCUT2D eigenvalue weighted by atomic mass is 16.4. The molecule has 1 aromatic carbocycles. The summed E-state index contributed by atoms with van der Waals surface area (Å²) in [5, 5.41) is 2.56. The topological polar surface area (TPSA) is 73.0 Å². The van der Waals surface area contributed by atoms with E-state index in [4.69, 9.17) is 4.42 Å². The minimum Gasteiger partial charge on any atom is -0.454 e. The summed E-state index contributed by atoms with van der Waals surface area (Å²) in [5.74, 6) is 0.708. The van der Waals surface area contributed by atoms with E-state index in [1.165, 1.54) is 0 Å². The van der Waals surface area contributed by atoms with Gasteiger partial charge in [-0.3, -0.25) is 9.78 Å². The molecule has 3 heterocycles. The van der Waals surface area contributed by atoms with Gasteiger partial charge in [0, 0.05) is 18.8 Å². The van der Waals surface area contributed by atoms with Crippen LogP contribution in [0.5, 0.6) is 0 Å². The van der Waals surface area contributed by atoms with Crippen molar-refractivity contribution in [3.05, 3.63) is 84.7 Å². The molecule has 6 nitrogen and oxygen atoms in total. The highest BCUT2D eigenvalue weighted by molar-refractivity contribution is 5.91. The van der Waals surface area contributed by atoms with Crippen molar-refractivity contribution >= 4 is 5.91 Å². The van der Waals surface area contributed by atoms with Crippen LogP contribution in [0.4, 0.5) is 0 Å². The van der Waals surface area contributed by atoms with Gasteiger partial charge in [-0.05, 0) is 24.3 Å². The van der Waals surface area contributed by atoms with E-state index in [-0.39, 0.29) is 11.7 Å². The third-order valence-corrected chi connectivity index (χ3v) is 4.23. The lowest BCUT2D eigenvalue weighted by Crippen LogP contribution is -2.16. The molecule has 3 aromatic heterocycles. The fourth-order valence-electron chi connectivity index (χ4n) is 2.96. The Hall–Kier alpha value is -3.67. The Morgan fingerprint density at radius 2 is 1.85 bits per heavy atom. The Balaban J connectivity index is 1.76. The molecular formula is C21H18N4O2. The fourth-order valence-corrected chi connectivity index (χ4v) is 2.96. The van der Waals surface area contributed by atoms with Gasteiger partial charge in [-0.25, -0.2) is 4.98 Å². The number of pyridine rings is 1. The van der Waals surface area contributed by atoms with Gasteiger partial charge in [0.05, 0.1) is 30.0 Å². The lowest BCUT2D eigenvalue weighted by atomic mass is 10.1. The molecule has 0 saturated heterocycles. The van der Waals surface area contributed by atoms with Gasteiger partial charge in [-0.1, -0.05) is 36.4 Å². The number of hydrogen-bond acceptors (Lipinski definition) is 4. The second-order valence-corrected chi connectivity index (χ2v) is 6.00. The largest absolute Gasteiger partial charge is 0.454 e. The van der Waals surface area contributed by atoms with E-state index >= 15 is 0 Å². The first kappa shape index (κ1) is 16.8. The van der Waals surface area contributed by atoms with Gasteiger partial charge in [0.15, 0.2) is 5.76 Å². The molecule has 0 radical (unpaired) electrons. The van der Waals surface area contributed by atoms with Crippen LogP contribution in [0.3, 0.4) is 0 Å². The van der Waals surface area contributed by atoms with E-state index < -0.39 is 0 Å². The summed E-state index contributed by atoms with van der Waals surface area (Å²) < 4.78 is 7.65. The standard InChI is InChI=1S/C21H18N4O2/c1-22-21(26)18-11-10-16(27-18)13-25-14-24-19(15-7-3-2-4-8-15)20(25)17-9-5-6-12-23-17/h2-12,14H,13H2,1H3,(H,22,26). The number of imidazole rings is 1. The Labute approximate surface area is 156 Å². The van der Waals surface area contributed by atoms with Gasteiger partial charge in [0.25, 0.3) is 5.91 Å². The first-order valence-corrected chi connectivity index (χ1v) is 8.59. The van der Waals surface area contributed by atoms with Crippen LogP contribution in [-0.2, 0) is 6.54 Å². The zero-order valence-corrected chi connectivity index (χ0v) is 14.8. The van der Waals surface area contributed by atoms with E-state index in [2.05, 4.69) is 15.3 Å². The van der Waals surface area contributed by atoms with Gasteiger partial charge < -0.3 is 14.3 Å². The molecule has 0 atom stereocenters. The van der Waals surface area contributed by atoms with Gasteiger partial charge in [-0.2, -0.15) is 0 Å². The highest BCUT2D eigenvalue weighted by Gasteiger charge is 2.17. The molecule has 0 fully saturated rings. The monoisotopic (exact) mass is 358 g/mol. The molecule has 0 spiro atoms. The Morgan fingerprint density at radius 3 is 2.59 bits per heavy atom. The molecular weight excluding hydrogens is 340 g/mol. The fraction of sp³-hybridized carbons (Fsp3) is 0.0952. The predicted octanol–water partition coefficient (Wildman–Crippen LogP) is 3.61. The van der Waals surface area contributed by atoms with E-state index in [1.807, 2.05) is 53.1 Å². The van der Waals surface area contributed by atoms with Crippen molar-refractivity contribution in [3.63, 3.8) is 0 Å². The number of benzene rings is 1. The Kier molecular flexibility index (Phi) is 4.53. The summed E-state index contributed by atoms with van der Waals surface area (Å²) in [6.07, 6.45) is 3.53. The number of aromatic nitrogens is 3. The number of carbonyl (C=O) groups excluding carboxylic acids is 1. The minimum absolute atomic E-state index is 0.248. The Morgan fingerprint density at radius 1 is 1.04 bits per heavy atom. The summed E-state index contributed by atoms with van der Waals surface area (Å²) in [6, 6.07) is 19.3. The molecule has 0 unspecified atom stereocenters. The molecule has 0 saturated carbocycles. The van der Waals surface area contributed by atoms with Crippen molar-refractivity contribution < 1.29 is 9.21 Å². The van der Waals surface area contributed by atoms with Gasteiger partial charge in [0.1, 0.15) is 5.76 Å². The lowest BCUT2D eigenvalue weighted by molar-refractivity contribution is 0.0933. The molecule has 1 amide bonds.